The van der Waals surface area contributed by atoms with Crippen molar-refractivity contribution in [2.75, 3.05) is 6.54 Å². The minimum atomic E-state index is 0.215. The van der Waals surface area contributed by atoms with E-state index in [1.807, 2.05) is 18.5 Å². The lowest BCUT2D eigenvalue weighted by molar-refractivity contribution is 0.475. The Morgan fingerprint density at radius 2 is 2.00 bits per heavy atom. The van der Waals surface area contributed by atoms with Crippen LogP contribution < -0.4 is 5.32 Å². The van der Waals surface area contributed by atoms with Crippen LogP contribution in [0.2, 0.25) is 0 Å². The van der Waals surface area contributed by atoms with Gasteiger partial charge in [0.25, 0.3) is 0 Å². The molecule has 2 aromatic heterocycles. The molecule has 1 unspecified atom stereocenters. The molecule has 0 fully saturated rings. The first-order valence-electron chi connectivity index (χ1n) is 7.25. The molecule has 0 aliphatic carbocycles. The summed E-state index contributed by atoms with van der Waals surface area (Å²) in [6.45, 7) is 12.1. The normalized spacial score (nSPS) is 12.8. The largest absolute Gasteiger partial charge is 0.466 e. The number of furan rings is 1. The van der Waals surface area contributed by atoms with Crippen LogP contribution in [-0.4, -0.2) is 21.3 Å². The first kappa shape index (κ1) is 14.8. The van der Waals surface area contributed by atoms with Crippen molar-refractivity contribution in [1.82, 2.24) is 20.1 Å². The molecule has 0 aliphatic rings. The topological polar surface area (TPSA) is 55.9 Å². The maximum Gasteiger partial charge on any atom is 0.138 e. The molecule has 2 heterocycles. The highest BCUT2D eigenvalue weighted by molar-refractivity contribution is 5.34. The summed E-state index contributed by atoms with van der Waals surface area (Å²) >= 11 is 0. The lowest BCUT2D eigenvalue weighted by atomic mass is 9.99. The van der Waals surface area contributed by atoms with Crippen LogP contribution in [0.3, 0.4) is 0 Å². The Balaban J connectivity index is 2.32. The fraction of sp³-hybridized carbons (Fsp3) is 0.600. The molecule has 0 saturated carbocycles. The van der Waals surface area contributed by atoms with E-state index in [2.05, 4.69) is 36.2 Å². The van der Waals surface area contributed by atoms with Gasteiger partial charge in [0.05, 0.1) is 0 Å². The third kappa shape index (κ3) is 2.77. The lowest BCUT2D eigenvalue weighted by Gasteiger charge is -2.18. The monoisotopic (exact) mass is 276 g/mol. The molecule has 1 atom stereocenters. The highest BCUT2D eigenvalue weighted by Crippen LogP contribution is 2.29. The minimum Gasteiger partial charge on any atom is -0.466 e. The van der Waals surface area contributed by atoms with Gasteiger partial charge in [0.1, 0.15) is 23.7 Å². The Morgan fingerprint density at radius 3 is 2.55 bits per heavy atom. The number of hydrogen-bond acceptors (Lipinski definition) is 4. The molecule has 0 amide bonds. The van der Waals surface area contributed by atoms with Gasteiger partial charge in [0.15, 0.2) is 0 Å². The lowest BCUT2D eigenvalue weighted by Crippen LogP contribution is -2.25. The van der Waals surface area contributed by atoms with Gasteiger partial charge in [-0.15, -0.1) is 0 Å². The number of rotatable bonds is 6. The zero-order valence-corrected chi connectivity index (χ0v) is 13.0. The van der Waals surface area contributed by atoms with E-state index in [9.17, 15) is 0 Å². The van der Waals surface area contributed by atoms with E-state index >= 15 is 0 Å². The van der Waals surface area contributed by atoms with Gasteiger partial charge >= 0.3 is 0 Å². The second kappa shape index (κ2) is 6.22. The fourth-order valence-electron chi connectivity index (χ4n) is 2.74. The molecule has 0 bridgehead atoms. The average molecular weight is 276 g/mol. The van der Waals surface area contributed by atoms with Crippen molar-refractivity contribution in [3.63, 3.8) is 0 Å². The molecular weight excluding hydrogens is 252 g/mol. The summed E-state index contributed by atoms with van der Waals surface area (Å²) in [6.07, 6.45) is 2.45. The zero-order chi connectivity index (χ0) is 14.7. The van der Waals surface area contributed by atoms with Gasteiger partial charge in [0, 0.05) is 24.6 Å². The Labute approximate surface area is 120 Å². The second-order valence-electron chi connectivity index (χ2n) is 5.06. The Kier molecular flexibility index (Phi) is 4.60. The molecule has 2 rings (SSSR count). The molecular formula is C15H24N4O. The first-order valence-corrected chi connectivity index (χ1v) is 7.25. The van der Waals surface area contributed by atoms with Crippen molar-refractivity contribution >= 4 is 0 Å². The van der Waals surface area contributed by atoms with Gasteiger partial charge < -0.3 is 9.73 Å². The third-order valence-electron chi connectivity index (χ3n) is 3.80. The number of nitrogens with one attached hydrogen (secondary N) is 1. The molecule has 20 heavy (non-hydrogen) atoms. The summed E-state index contributed by atoms with van der Waals surface area (Å²) < 4.78 is 7.71. The molecule has 2 aromatic rings. The molecule has 5 nitrogen and oxygen atoms in total. The van der Waals surface area contributed by atoms with E-state index in [1.165, 1.54) is 11.1 Å². The van der Waals surface area contributed by atoms with E-state index in [0.29, 0.717) is 0 Å². The van der Waals surface area contributed by atoms with E-state index in [1.54, 1.807) is 6.33 Å². The van der Waals surface area contributed by atoms with Gasteiger partial charge in [-0.3, -0.25) is 4.68 Å². The molecule has 1 N–H and O–H groups in total. The van der Waals surface area contributed by atoms with Crippen molar-refractivity contribution in [2.24, 2.45) is 0 Å². The van der Waals surface area contributed by atoms with Crippen molar-refractivity contribution in [2.45, 2.75) is 53.6 Å². The minimum absolute atomic E-state index is 0.215. The summed E-state index contributed by atoms with van der Waals surface area (Å²) in [6, 6.07) is 0.215. The van der Waals surface area contributed by atoms with Crippen LogP contribution in [0.1, 0.15) is 48.4 Å². The summed E-state index contributed by atoms with van der Waals surface area (Å²) in [7, 11) is 0. The Bertz CT molecular complexity index is 570. The van der Waals surface area contributed by atoms with Gasteiger partial charge in [-0.1, -0.05) is 6.92 Å². The predicted octanol–water partition coefficient (Wildman–Crippen LogP) is 2.71. The molecule has 5 heteroatoms. The summed E-state index contributed by atoms with van der Waals surface area (Å²) in [4.78, 5) is 4.38. The Morgan fingerprint density at radius 1 is 1.25 bits per heavy atom. The van der Waals surface area contributed by atoms with Crippen LogP contribution in [0.25, 0.3) is 0 Å². The number of hydrogen-bond donors (Lipinski definition) is 1. The molecule has 0 radical (unpaired) electrons. The van der Waals surface area contributed by atoms with Gasteiger partial charge in [0.2, 0.25) is 0 Å². The predicted molar refractivity (Wildman–Crippen MR) is 78.7 cm³/mol. The maximum atomic E-state index is 5.77. The molecule has 110 valence electrons. The third-order valence-corrected chi connectivity index (χ3v) is 3.80. The number of nitrogens with zero attached hydrogens (tertiary/aromatic N) is 3. The van der Waals surface area contributed by atoms with Gasteiger partial charge in [-0.05, 0) is 39.8 Å². The number of aromatic nitrogens is 3. The van der Waals surface area contributed by atoms with Crippen LogP contribution in [0.4, 0.5) is 0 Å². The Hall–Kier alpha value is -1.62. The second-order valence-corrected chi connectivity index (χ2v) is 5.06. The highest BCUT2D eigenvalue weighted by Gasteiger charge is 2.22. The summed E-state index contributed by atoms with van der Waals surface area (Å²) in [5.74, 6) is 3.00. The average Bonchev–Trinajstić information content (AvgIpc) is 2.95. The summed E-state index contributed by atoms with van der Waals surface area (Å²) in [5.41, 5.74) is 2.49. The highest BCUT2D eigenvalue weighted by atomic mass is 16.3. The molecule has 0 spiro atoms. The smallest absolute Gasteiger partial charge is 0.138 e. The quantitative estimate of drug-likeness (QED) is 0.881. The standard InChI is InChI=1S/C15H24N4O/c1-6-16-13(8-14-17-9-18-19(14)7-2)15-10(3)11(4)20-12(15)5/h9,13,16H,6-8H2,1-5H3. The van der Waals surface area contributed by atoms with E-state index < -0.39 is 0 Å². The SMILES string of the molecule is CCNC(Cc1ncnn1CC)c1c(C)oc(C)c1C. The molecule has 0 aliphatic heterocycles. The first-order chi connectivity index (χ1) is 9.58. The van der Waals surface area contributed by atoms with Gasteiger partial charge in [-0.2, -0.15) is 5.10 Å². The van der Waals surface area contributed by atoms with Crippen LogP contribution in [0, 0.1) is 20.8 Å². The molecule has 0 aromatic carbocycles. The molecule has 0 saturated heterocycles. The van der Waals surface area contributed by atoms with E-state index in [-0.39, 0.29) is 6.04 Å². The van der Waals surface area contributed by atoms with Crippen LogP contribution >= 0.6 is 0 Å². The van der Waals surface area contributed by atoms with Crippen molar-refractivity contribution in [3.8, 4) is 0 Å². The van der Waals surface area contributed by atoms with Crippen molar-refractivity contribution in [3.05, 3.63) is 34.8 Å². The number of aryl methyl sites for hydroxylation is 3. The van der Waals surface area contributed by atoms with E-state index in [4.69, 9.17) is 4.42 Å². The van der Waals surface area contributed by atoms with Crippen molar-refractivity contribution < 1.29 is 4.42 Å². The van der Waals surface area contributed by atoms with Crippen LogP contribution in [-0.2, 0) is 13.0 Å². The summed E-state index contributed by atoms with van der Waals surface area (Å²) in [5, 5.41) is 7.79. The fourth-order valence-corrected chi connectivity index (χ4v) is 2.74. The maximum absolute atomic E-state index is 5.77. The zero-order valence-electron chi connectivity index (χ0n) is 13.0. The van der Waals surface area contributed by atoms with Crippen LogP contribution in [0.15, 0.2) is 10.7 Å². The number of likely N-dealkylation sites (N-methyl/N-ethyl adjacent to an activating group) is 1. The van der Waals surface area contributed by atoms with Crippen LogP contribution in [0.5, 0.6) is 0 Å². The van der Waals surface area contributed by atoms with Gasteiger partial charge in [-0.25, -0.2) is 4.98 Å². The van der Waals surface area contributed by atoms with Crippen molar-refractivity contribution in [1.29, 1.82) is 0 Å². The van der Waals surface area contributed by atoms with E-state index in [0.717, 1.165) is 36.9 Å².